The van der Waals surface area contributed by atoms with E-state index in [4.69, 9.17) is 10.5 Å². The maximum Gasteiger partial charge on any atom is 0.329 e. The molecule has 0 radical (unpaired) electrons. The van der Waals surface area contributed by atoms with Crippen molar-refractivity contribution in [3.8, 4) is 0 Å². The lowest BCUT2D eigenvalue weighted by Gasteiger charge is -2.20. The molecule has 0 bridgehead atoms. The van der Waals surface area contributed by atoms with Crippen LogP contribution in [-0.2, 0) is 27.4 Å². The van der Waals surface area contributed by atoms with Gasteiger partial charge in [0.2, 0.25) is 5.91 Å². The van der Waals surface area contributed by atoms with Crippen molar-refractivity contribution >= 4 is 36.0 Å². The van der Waals surface area contributed by atoms with E-state index in [9.17, 15) is 9.59 Å². The highest BCUT2D eigenvalue weighted by Gasteiger charge is 2.24. The van der Waals surface area contributed by atoms with E-state index in [0.29, 0.717) is 12.8 Å². The molecule has 2 aromatic carbocycles. The molecule has 0 saturated carbocycles. The standard InChI is InChI=1S/C21H26N2O3S.ClH/c1-27-13-12-19(21(25)26-15-17-10-6-3-7-11-17)23-20(24)18(22)14-16-8-4-2-5-9-16;/h2-11,18-19H,12-15,22H2,1H3,(H,23,24);1H/t18-,19-;/m0./s1. The minimum atomic E-state index is -0.717. The van der Waals surface area contributed by atoms with Crippen LogP contribution >= 0.6 is 24.2 Å². The van der Waals surface area contributed by atoms with E-state index in [1.807, 2.05) is 66.9 Å². The topological polar surface area (TPSA) is 81.4 Å². The SMILES string of the molecule is CSCC[C@H](NC(=O)[C@@H](N)Cc1ccccc1)C(=O)OCc1ccccc1.Cl. The summed E-state index contributed by atoms with van der Waals surface area (Å²) in [6.07, 6.45) is 2.87. The van der Waals surface area contributed by atoms with Gasteiger partial charge in [0.05, 0.1) is 6.04 Å². The van der Waals surface area contributed by atoms with Crippen LogP contribution in [0.1, 0.15) is 17.5 Å². The molecule has 152 valence electrons. The normalized spacial score (nSPS) is 12.4. The Balaban J connectivity index is 0.00000392. The Morgan fingerprint density at radius 3 is 2.18 bits per heavy atom. The number of benzene rings is 2. The number of thioether (sulfide) groups is 1. The van der Waals surface area contributed by atoms with Crippen LogP contribution in [0.5, 0.6) is 0 Å². The molecule has 28 heavy (non-hydrogen) atoms. The molecule has 0 heterocycles. The third-order valence-electron chi connectivity index (χ3n) is 4.07. The van der Waals surface area contributed by atoms with Crippen molar-refractivity contribution in [3.63, 3.8) is 0 Å². The number of hydrogen-bond acceptors (Lipinski definition) is 5. The summed E-state index contributed by atoms with van der Waals surface area (Å²) >= 11 is 1.61. The maximum absolute atomic E-state index is 12.5. The molecule has 2 aromatic rings. The molecular formula is C21H27ClN2O3S. The van der Waals surface area contributed by atoms with Gasteiger partial charge in [0, 0.05) is 0 Å². The van der Waals surface area contributed by atoms with Crippen LogP contribution in [0.4, 0.5) is 0 Å². The Hall–Kier alpha value is -2.02. The van der Waals surface area contributed by atoms with E-state index in [-0.39, 0.29) is 24.9 Å². The van der Waals surface area contributed by atoms with Gasteiger partial charge in [-0.2, -0.15) is 11.8 Å². The number of carbonyl (C=O) groups excluding carboxylic acids is 2. The average Bonchev–Trinajstić information content (AvgIpc) is 2.70. The molecule has 0 fully saturated rings. The van der Waals surface area contributed by atoms with Gasteiger partial charge >= 0.3 is 5.97 Å². The number of nitrogens with one attached hydrogen (secondary N) is 1. The fourth-order valence-electron chi connectivity index (χ4n) is 2.55. The Morgan fingerprint density at radius 2 is 1.61 bits per heavy atom. The number of hydrogen-bond donors (Lipinski definition) is 2. The van der Waals surface area contributed by atoms with Crippen LogP contribution in [0.15, 0.2) is 60.7 Å². The Bertz CT molecular complexity index is 716. The number of carbonyl (C=O) groups is 2. The molecule has 2 atom stereocenters. The molecule has 0 saturated heterocycles. The van der Waals surface area contributed by atoms with Crippen molar-refractivity contribution in [2.75, 3.05) is 12.0 Å². The Labute approximate surface area is 176 Å². The summed E-state index contributed by atoms with van der Waals surface area (Å²) < 4.78 is 5.38. The monoisotopic (exact) mass is 422 g/mol. The lowest BCUT2D eigenvalue weighted by molar-refractivity contribution is -0.149. The lowest BCUT2D eigenvalue weighted by atomic mass is 10.1. The number of rotatable bonds is 10. The van der Waals surface area contributed by atoms with Gasteiger partial charge in [-0.15, -0.1) is 12.4 Å². The third kappa shape index (κ3) is 8.33. The van der Waals surface area contributed by atoms with E-state index >= 15 is 0 Å². The molecule has 7 heteroatoms. The molecule has 1 amide bonds. The fraction of sp³-hybridized carbons (Fsp3) is 0.333. The summed E-state index contributed by atoms with van der Waals surface area (Å²) in [4.78, 5) is 24.9. The highest BCUT2D eigenvalue weighted by Crippen LogP contribution is 2.08. The van der Waals surface area contributed by atoms with Crippen molar-refractivity contribution in [2.45, 2.75) is 31.5 Å². The molecule has 0 spiro atoms. The summed E-state index contributed by atoms with van der Waals surface area (Å²) in [6, 6.07) is 17.6. The van der Waals surface area contributed by atoms with Gasteiger partial charge in [-0.25, -0.2) is 4.79 Å². The van der Waals surface area contributed by atoms with E-state index in [1.165, 1.54) is 0 Å². The Morgan fingerprint density at radius 1 is 1.04 bits per heavy atom. The number of halogens is 1. The van der Waals surface area contributed by atoms with Gasteiger partial charge in [-0.3, -0.25) is 4.79 Å². The van der Waals surface area contributed by atoms with Crippen LogP contribution in [0.3, 0.4) is 0 Å². The number of ether oxygens (including phenoxy) is 1. The highest BCUT2D eigenvalue weighted by atomic mass is 35.5. The van der Waals surface area contributed by atoms with Gasteiger partial charge in [0.1, 0.15) is 12.6 Å². The van der Waals surface area contributed by atoms with Crippen LogP contribution in [0, 0.1) is 0 Å². The first-order chi connectivity index (χ1) is 13.1. The predicted octanol–water partition coefficient (Wildman–Crippen LogP) is 2.96. The zero-order valence-corrected chi connectivity index (χ0v) is 17.5. The molecule has 0 aliphatic heterocycles. The van der Waals surface area contributed by atoms with Crippen LogP contribution < -0.4 is 11.1 Å². The first kappa shape index (κ1) is 24.0. The van der Waals surface area contributed by atoms with E-state index < -0.39 is 18.1 Å². The van der Waals surface area contributed by atoms with Crippen molar-refractivity contribution < 1.29 is 14.3 Å². The second-order valence-electron chi connectivity index (χ2n) is 6.23. The smallest absolute Gasteiger partial charge is 0.329 e. The van der Waals surface area contributed by atoms with Gasteiger partial charge in [0.25, 0.3) is 0 Å². The predicted molar refractivity (Wildman–Crippen MR) is 117 cm³/mol. The molecule has 2 rings (SSSR count). The van der Waals surface area contributed by atoms with Gasteiger partial charge in [-0.05, 0) is 36.0 Å². The van der Waals surface area contributed by atoms with Crippen LogP contribution in [-0.4, -0.2) is 36.0 Å². The van der Waals surface area contributed by atoms with Gasteiger partial charge < -0.3 is 15.8 Å². The molecule has 3 N–H and O–H groups in total. The highest BCUT2D eigenvalue weighted by molar-refractivity contribution is 7.98. The molecule has 0 aliphatic rings. The van der Waals surface area contributed by atoms with Crippen molar-refractivity contribution in [1.82, 2.24) is 5.32 Å². The van der Waals surface area contributed by atoms with E-state index in [0.717, 1.165) is 16.9 Å². The molecule has 0 unspecified atom stereocenters. The quantitative estimate of drug-likeness (QED) is 0.575. The first-order valence-electron chi connectivity index (χ1n) is 8.89. The van der Waals surface area contributed by atoms with E-state index in [2.05, 4.69) is 5.32 Å². The minimum Gasteiger partial charge on any atom is -0.459 e. The van der Waals surface area contributed by atoms with E-state index in [1.54, 1.807) is 11.8 Å². The maximum atomic E-state index is 12.5. The zero-order chi connectivity index (χ0) is 19.5. The Kier molecular flexibility index (Phi) is 11.3. The molecule has 5 nitrogen and oxygen atoms in total. The first-order valence-corrected chi connectivity index (χ1v) is 10.3. The van der Waals surface area contributed by atoms with Crippen LogP contribution in [0.25, 0.3) is 0 Å². The zero-order valence-electron chi connectivity index (χ0n) is 15.9. The molecule has 0 aromatic heterocycles. The van der Waals surface area contributed by atoms with Crippen LogP contribution in [0.2, 0.25) is 0 Å². The van der Waals surface area contributed by atoms with Crippen molar-refractivity contribution in [2.24, 2.45) is 5.73 Å². The fourth-order valence-corrected chi connectivity index (χ4v) is 3.02. The second-order valence-corrected chi connectivity index (χ2v) is 7.22. The number of nitrogens with two attached hydrogens (primary N) is 1. The average molecular weight is 423 g/mol. The molecule has 0 aliphatic carbocycles. The summed E-state index contributed by atoms with van der Waals surface area (Å²) in [5.74, 6) is -0.0472. The number of esters is 1. The van der Waals surface area contributed by atoms with Gasteiger partial charge in [0.15, 0.2) is 0 Å². The third-order valence-corrected chi connectivity index (χ3v) is 4.71. The largest absolute Gasteiger partial charge is 0.459 e. The van der Waals surface area contributed by atoms with Crippen molar-refractivity contribution in [3.05, 3.63) is 71.8 Å². The number of amides is 1. The second kappa shape index (κ2) is 13.2. The van der Waals surface area contributed by atoms with Gasteiger partial charge in [-0.1, -0.05) is 60.7 Å². The summed E-state index contributed by atoms with van der Waals surface area (Å²) in [7, 11) is 0. The minimum absolute atomic E-state index is 0. The summed E-state index contributed by atoms with van der Waals surface area (Å²) in [5, 5.41) is 2.76. The molecular weight excluding hydrogens is 396 g/mol. The van der Waals surface area contributed by atoms with Crippen molar-refractivity contribution in [1.29, 1.82) is 0 Å². The summed E-state index contributed by atoms with van der Waals surface area (Å²) in [5.41, 5.74) is 7.91. The lowest BCUT2D eigenvalue weighted by Crippen LogP contribution is -2.49. The summed E-state index contributed by atoms with van der Waals surface area (Å²) in [6.45, 7) is 0.182.